The summed E-state index contributed by atoms with van der Waals surface area (Å²) in [5.74, 6) is -2.46. The summed E-state index contributed by atoms with van der Waals surface area (Å²) >= 11 is 0. The zero-order chi connectivity index (χ0) is 15.6. The first-order valence-corrected chi connectivity index (χ1v) is 7.52. The van der Waals surface area contributed by atoms with Crippen LogP contribution in [0.25, 0.3) is 0 Å². The summed E-state index contributed by atoms with van der Waals surface area (Å²) in [4.78, 5) is -1.04. The van der Waals surface area contributed by atoms with Crippen molar-refractivity contribution in [3.63, 3.8) is 0 Å². The third-order valence-electron chi connectivity index (χ3n) is 2.67. The molecule has 1 atom stereocenters. The molecule has 9 heteroatoms. The van der Waals surface area contributed by atoms with Crippen LogP contribution in [0.1, 0.15) is 6.92 Å². The van der Waals surface area contributed by atoms with Crippen LogP contribution in [-0.4, -0.2) is 24.2 Å². The molecule has 3 N–H and O–H groups in total. The van der Waals surface area contributed by atoms with Crippen LogP contribution < -0.4 is 10.5 Å². The average Bonchev–Trinajstić information content (AvgIpc) is 2.78. The molecule has 0 aliphatic carbocycles. The molecule has 114 valence electrons. The number of nitrogens with one attached hydrogen (secondary N) is 1. The number of nitrogens with two attached hydrogens (primary N) is 1. The van der Waals surface area contributed by atoms with Crippen LogP contribution >= 0.6 is 0 Å². The number of benzene rings is 1. The Balaban J connectivity index is 2.22. The predicted molar refractivity (Wildman–Crippen MR) is 72.8 cm³/mol. The number of sulfonamides is 1. The number of anilines is 1. The largest absolute Gasteiger partial charge is 0.399 e. The summed E-state index contributed by atoms with van der Waals surface area (Å²) in [7, 11) is -4.34. The van der Waals surface area contributed by atoms with Crippen molar-refractivity contribution in [1.82, 2.24) is 14.5 Å². The predicted octanol–water partition coefficient (Wildman–Crippen LogP) is 1.11. The summed E-state index contributed by atoms with van der Waals surface area (Å²) in [5.41, 5.74) is 5.07. The van der Waals surface area contributed by atoms with Gasteiger partial charge in [-0.05, 0) is 25.1 Å². The second kappa shape index (κ2) is 5.78. The monoisotopic (exact) mass is 316 g/mol. The standard InChI is InChI=1S/C12H14F2N4O2S/c1-8(7-18-4-2-3-16-18)17-21(19,20)12-10(13)5-9(15)6-11(12)14/h2-6,8,17H,7,15H2,1H3. The quantitative estimate of drug-likeness (QED) is 0.809. The molecule has 2 aromatic rings. The van der Waals surface area contributed by atoms with Gasteiger partial charge in [-0.2, -0.15) is 5.10 Å². The van der Waals surface area contributed by atoms with Crippen LogP contribution in [0.5, 0.6) is 0 Å². The third kappa shape index (κ3) is 3.56. The van der Waals surface area contributed by atoms with Crippen LogP contribution in [0, 0.1) is 11.6 Å². The second-order valence-electron chi connectivity index (χ2n) is 4.56. The molecule has 1 heterocycles. The van der Waals surface area contributed by atoms with Crippen molar-refractivity contribution in [3.05, 3.63) is 42.2 Å². The fraction of sp³-hybridized carbons (Fsp3) is 0.250. The minimum Gasteiger partial charge on any atom is -0.399 e. The number of nitrogen functional groups attached to an aromatic ring is 1. The highest BCUT2D eigenvalue weighted by Gasteiger charge is 2.26. The summed E-state index contributed by atoms with van der Waals surface area (Å²) in [6.07, 6.45) is 3.19. The lowest BCUT2D eigenvalue weighted by Gasteiger charge is -2.15. The summed E-state index contributed by atoms with van der Waals surface area (Å²) in [6.45, 7) is 1.79. The molecule has 0 aliphatic heterocycles. The summed E-state index contributed by atoms with van der Waals surface area (Å²) in [6, 6.07) is 2.60. The minimum absolute atomic E-state index is 0.187. The molecule has 2 rings (SSSR count). The zero-order valence-electron chi connectivity index (χ0n) is 11.1. The number of hydrogen-bond acceptors (Lipinski definition) is 4. The van der Waals surface area contributed by atoms with Crippen molar-refractivity contribution >= 4 is 15.7 Å². The lowest BCUT2D eigenvalue weighted by molar-refractivity contribution is 0.480. The van der Waals surface area contributed by atoms with Gasteiger partial charge in [-0.15, -0.1) is 0 Å². The molecular formula is C12H14F2N4O2S. The van der Waals surface area contributed by atoms with E-state index in [1.165, 1.54) is 4.68 Å². The number of halogens is 2. The molecule has 0 saturated carbocycles. The van der Waals surface area contributed by atoms with E-state index >= 15 is 0 Å². The fourth-order valence-corrected chi connectivity index (χ4v) is 3.24. The number of hydrogen-bond donors (Lipinski definition) is 2. The Morgan fingerprint density at radius 2 is 2.00 bits per heavy atom. The lowest BCUT2D eigenvalue weighted by Crippen LogP contribution is -2.36. The maximum Gasteiger partial charge on any atom is 0.246 e. The van der Waals surface area contributed by atoms with Gasteiger partial charge >= 0.3 is 0 Å². The maximum atomic E-state index is 13.7. The molecule has 0 fully saturated rings. The van der Waals surface area contributed by atoms with E-state index in [1.807, 2.05) is 0 Å². The Bertz CT molecular complexity index is 709. The first-order chi connectivity index (χ1) is 9.79. The molecular weight excluding hydrogens is 302 g/mol. The second-order valence-corrected chi connectivity index (χ2v) is 6.21. The summed E-state index contributed by atoms with van der Waals surface area (Å²) in [5, 5.41) is 3.92. The zero-order valence-corrected chi connectivity index (χ0v) is 11.9. The normalized spacial score (nSPS) is 13.3. The van der Waals surface area contributed by atoms with Crippen molar-refractivity contribution in [3.8, 4) is 0 Å². The van der Waals surface area contributed by atoms with Crippen molar-refractivity contribution in [1.29, 1.82) is 0 Å². The van der Waals surface area contributed by atoms with Gasteiger partial charge < -0.3 is 5.73 Å². The topological polar surface area (TPSA) is 90.0 Å². The van der Waals surface area contributed by atoms with E-state index < -0.39 is 32.6 Å². The number of nitrogens with zero attached hydrogens (tertiary/aromatic N) is 2. The van der Waals surface area contributed by atoms with E-state index in [4.69, 9.17) is 5.73 Å². The lowest BCUT2D eigenvalue weighted by atomic mass is 10.3. The Hall–Kier alpha value is -2.00. The molecule has 1 aromatic carbocycles. The van der Waals surface area contributed by atoms with Crippen molar-refractivity contribution in [2.75, 3.05) is 5.73 Å². The first kappa shape index (κ1) is 15.4. The van der Waals surface area contributed by atoms with Gasteiger partial charge in [0, 0.05) is 24.1 Å². The molecule has 6 nitrogen and oxygen atoms in total. The Morgan fingerprint density at radius 1 is 1.38 bits per heavy atom. The number of rotatable bonds is 5. The van der Waals surface area contributed by atoms with E-state index in [0.717, 1.165) is 12.1 Å². The van der Waals surface area contributed by atoms with Crippen molar-refractivity contribution in [2.45, 2.75) is 24.4 Å². The molecule has 0 saturated heterocycles. The molecule has 0 bridgehead atoms. The number of aromatic nitrogens is 2. The first-order valence-electron chi connectivity index (χ1n) is 6.04. The Kier molecular flexibility index (Phi) is 4.24. The van der Waals surface area contributed by atoms with Gasteiger partial charge in [0.2, 0.25) is 10.0 Å². The molecule has 1 aromatic heterocycles. The highest BCUT2D eigenvalue weighted by Crippen LogP contribution is 2.21. The van der Waals surface area contributed by atoms with Crippen LogP contribution in [0.15, 0.2) is 35.5 Å². The molecule has 0 amide bonds. The highest BCUT2D eigenvalue weighted by atomic mass is 32.2. The SMILES string of the molecule is CC(Cn1cccn1)NS(=O)(=O)c1c(F)cc(N)cc1F. The van der Waals surface area contributed by atoms with E-state index in [9.17, 15) is 17.2 Å². The molecule has 1 unspecified atom stereocenters. The van der Waals surface area contributed by atoms with E-state index in [0.29, 0.717) is 0 Å². The Labute approximate surface area is 120 Å². The molecule has 0 radical (unpaired) electrons. The fourth-order valence-electron chi connectivity index (χ4n) is 1.89. The van der Waals surface area contributed by atoms with Gasteiger partial charge in [-0.1, -0.05) is 0 Å². The van der Waals surface area contributed by atoms with Crippen LogP contribution in [0.2, 0.25) is 0 Å². The van der Waals surface area contributed by atoms with Crippen LogP contribution in [-0.2, 0) is 16.6 Å². The maximum absolute atomic E-state index is 13.7. The minimum atomic E-state index is -4.34. The summed E-state index contributed by atoms with van der Waals surface area (Å²) < 4.78 is 55.2. The smallest absolute Gasteiger partial charge is 0.246 e. The molecule has 0 spiro atoms. The van der Waals surface area contributed by atoms with E-state index in [1.54, 1.807) is 25.4 Å². The highest BCUT2D eigenvalue weighted by molar-refractivity contribution is 7.89. The van der Waals surface area contributed by atoms with Crippen molar-refractivity contribution < 1.29 is 17.2 Å². The van der Waals surface area contributed by atoms with Gasteiger partial charge in [-0.25, -0.2) is 21.9 Å². The van der Waals surface area contributed by atoms with Crippen molar-refractivity contribution in [2.24, 2.45) is 0 Å². The van der Waals surface area contributed by atoms with Crippen LogP contribution in [0.4, 0.5) is 14.5 Å². The third-order valence-corrected chi connectivity index (χ3v) is 4.31. The van der Waals surface area contributed by atoms with E-state index in [2.05, 4.69) is 9.82 Å². The van der Waals surface area contributed by atoms with E-state index in [-0.39, 0.29) is 12.2 Å². The molecule has 21 heavy (non-hydrogen) atoms. The van der Waals surface area contributed by atoms with Gasteiger partial charge in [0.1, 0.15) is 11.6 Å². The molecule has 0 aliphatic rings. The van der Waals surface area contributed by atoms with Gasteiger partial charge in [0.15, 0.2) is 4.90 Å². The van der Waals surface area contributed by atoms with Crippen LogP contribution in [0.3, 0.4) is 0 Å². The van der Waals surface area contributed by atoms with Gasteiger partial charge in [0.25, 0.3) is 0 Å². The average molecular weight is 316 g/mol. The van der Waals surface area contributed by atoms with Gasteiger partial charge in [-0.3, -0.25) is 4.68 Å². The Morgan fingerprint density at radius 3 is 2.52 bits per heavy atom. The van der Waals surface area contributed by atoms with Gasteiger partial charge in [0.05, 0.1) is 6.54 Å².